The Balaban J connectivity index is 2.16. The van der Waals surface area contributed by atoms with Crippen LogP contribution < -0.4 is 9.44 Å². The van der Waals surface area contributed by atoms with Crippen LogP contribution in [-0.2, 0) is 20.0 Å². The minimum Gasteiger partial charge on any atom is -0.284 e. The number of anilines is 2. The average Bonchev–Trinajstić information content (AvgIpc) is 2.84. The Morgan fingerprint density at radius 3 is 2.00 bits per heavy atom. The van der Waals surface area contributed by atoms with Crippen LogP contribution in [0.2, 0.25) is 0 Å². The third kappa shape index (κ3) is 3.71. The van der Waals surface area contributed by atoms with Crippen molar-refractivity contribution in [2.24, 2.45) is 0 Å². The van der Waals surface area contributed by atoms with Crippen LogP contribution in [0.15, 0.2) is 41.6 Å². The summed E-state index contributed by atoms with van der Waals surface area (Å²) in [6.45, 7) is 0. The van der Waals surface area contributed by atoms with Gasteiger partial charge in [0.1, 0.15) is 4.90 Å². The molecule has 0 fully saturated rings. The summed E-state index contributed by atoms with van der Waals surface area (Å²) in [7, 11) is -7.06. The Hall–Kier alpha value is -2.07. The third-order valence-corrected chi connectivity index (χ3v) is 4.18. The molecular weight excluding hydrogens is 304 g/mol. The maximum atomic E-state index is 11.9. The molecule has 0 bridgehead atoms. The molecule has 8 nitrogen and oxygen atoms in total. The van der Waals surface area contributed by atoms with Gasteiger partial charge in [0.05, 0.1) is 12.5 Å². The molecule has 3 N–H and O–H groups in total. The lowest BCUT2D eigenvalue weighted by molar-refractivity contribution is 0.600. The van der Waals surface area contributed by atoms with E-state index in [1.807, 2.05) is 0 Å². The van der Waals surface area contributed by atoms with Gasteiger partial charge in [-0.2, -0.15) is 5.10 Å². The SMILES string of the molecule is CS(=O)(=O)Nc1ccc(NS(=O)(=O)c2cn[nH]c2)cc1. The molecule has 1 heterocycles. The Morgan fingerprint density at radius 1 is 1.00 bits per heavy atom. The Kier molecular flexibility index (Phi) is 3.68. The van der Waals surface area contributed by atoms with E-state index in [0.29, 0.717) is 11.4 Å². The smallest absolute Gasteiger partial charge is 0.265 e. The van der Waals surface area contributed by atoms with E-state index in [4.69, 9.17) is 0 Å². The molecule has 1 aromatic carbocycles. The number of nitrogens with one attached hydrogen (secondary N) is 3. The van der Waals surface area contributed by atoms with Crippen LogP contribution in [0.4, 0.5) is 11.4 Å². The first-order valence-electron chi connectivity index (χ1n) is 5.36. The molecule has 0 saturated carbocycles. The molecule has 1 aromatic heterocycles. The summed E-state index contributed by atoms with van der Waals surface area (Å²) in [6.07, 6.45) is 3.46. The molecule has 0 spiro atoms. The first-order valence-corrected chi connectivity index (χ1v) is 8.73. The maximum absolute atomic E-state index is 11.9. The van der Waals surface area contributed by atoms with Crippen molar-refractivity contribution in [2.75, 3.05) is 15.7 Å². The first-order chi connectivity index (χ1) is 9.26. The van der Waals surface area contributed by atoms with Gasteiger partial charge in [-0.3, -0.25) is 14.5 Å². The highest BCUT2D eigenvalue weighted by Gasteiger charge is 2.15. The number of rotatable bonds is 5. The van der Waals surface area contributed by atoms with Crippen molar-refractivity contribution in [3.63, 3.8) is 0 Å². The largest absolute Gasteiger partial charge is 0.284 e. The predicted molar refractivity (Wildman–Crippen MR) is 74.3 cm³/mol. The molecule has 0 aliphatic carbocycles. The van der Waals surface area contributed by atoms with Gasteiger partial charge in [-0.1, -0.05) is 0 Å². The lowest BCUT2D eigenvalue weighted by Crippen LogP contribution is -2.12. The van der Waals surface area contributed by atoms with Crippen LogP contribution >= 0.6 is 0 Å². The van der Waals surface area contributed by atoms with Gasteiger partial charge in [0.2, 0.25) is 10.0 Å². The first kappa shape index (κ1) is 14.3. The second-order valence-corrected chi connectivity index (χ2v) is 7.42. The van der Waals surface area contributed by atoms with Crippen LogP contribution in [0.1, 0.15) is 0 Å². The van der Waals surface area contributed by atoms with Gasteiger partial charge >= 0.3 is 0 Å². The molecule has 10 heteroatoms. The van der Waals surface area contributed by atoms with Crippen LogP contribution in [0, 0.1) is 0 Å². The Labute approximate surface area is 116 Å². The number of hydrogen-bond acceptors (Lipinski definition) is 5. The normalized spacial score (nSPS) is 12.1. The second-order valence-electron chi connectivity index (χ2n) is 3.99. The van der Waals surface area contributed by atoms with Crippen molar-refractivity contribution in [3.05, 3.63) is 36.7 Å². The molecule has 0 aliphatic heterocycles. The number of sulfonamides is 2. The number of H-pyrrole nitrogens is 1. The number of aromatic nitrogens is 2. The monoisotopic (exact) mass is 316 g/mol. The van der Waals surface area contributed by atoms with Crippen molar-refractivity contribution in [3.8, 4) is 0 Å². The molecule has 2 aromatic rings. The summed E-state index contributed by atoms with van der Waals surface area (Å²) in [4.78, 5) is 0.0100. The summed E-state index contributed by atoms with van der Waals surface area (Å²) >= 11 is 0. The average molecular weight is 316 g/mol. The zero-order valence-electron chi connectivity index (χ0n) is 10.4. The zero-order valence-corrected chi connectivity index (χ0v) is 12.0. The fraction of sp³-hybridized carbons (Fsp3) is 0.100. The lowest BCUT2D eigenvalue weighted by atomic mass is 10.3. The molecule has 0 amide bonds. The quantitative estimate of drug-likeness (QED) is 0.745. The van der Waals surface area contributed by atoms with Gasteiger partial charge in [0.25, 0.3) is 10.0 Å². The minimum atomic E-state index is -3.70. The van der Waals surface area contributed by atoms with Gasteiger partial charge < -0.3 is 0 Å². The highest BCUT2D eigenvalue weighted by Crippen LogP contribution is 2.18. The Morgan fingerprint density at radius 2 is 1.55 bits per heavy atom. The molecule has 0 saturated heterocycles. The topological polar surface area (TPSA) is 121 Å². The second kappa shape index (κ2) is 5.13. The van der Waals surface area contributed by atoms with Crippen molar-refractivity contribution in [1.29, 1.82) is 0 Å². The number of hydrogen-bond donors (Lipinski definition) is 3. The van der Waals surface area contributed by atoms with E-state index in [9.17, 15) is 16.8 Å². The molecule has 0 unspecified atom stereocenters. The van der Waals surface area contributed by atoms with E-state index >= 15 is 0 Å². The molecule has 0 radical (unpaired) electrons. The van der Waals surface area contributed by atoms with Gasteiger partial charge in [-0.05, 0) is 24.3 Å². The summed E-state index contributed by atoms with van der Waals surface area (Å²) < 4.78 is 50.5. The van der Waals surface area contributed by atoms with Crippen molar-refractivity contribution < 1.29 is 16.8 Å². The zero-order chi connectivity index (χ0) is 14.8. The Bertz CT molecular complexity index is 780. The van der Waals surface area contributed by atoms with E-state index in [1.165, 1.54) is 36.7 Å². The molecule has 108 valence electrons. The standard InChI is InChI=1S/C10H12N4O4S2/c1-19(15,16)13-8-2-4-9(5-3-8)14-20(17,18)10-6-11-12-7-10/h2-7,13-14H,1H3,(H,11,12). The predicted octanol–water partition coefficient (Wildman–Crippen LogP) is 0.582. The summed E-state index contributed by atoms with van der Waals surface area (Å²) in [5, 5.41) is 5.97. The molecule has 2 rings (SSSR count). The minimum absolute atomic E-state index is 0.0100. The van der Waals surface area contributed by atoms with Crippen LogP contribution in [-0.4, -0.2) is 33.3 Å². The summed E-state index contributed by atoms with van der Waals surface area (Å²) in [5.41, 5.74) is 0.656. The van der Waals surface area contributed by atoms with Gasteiger partial charge in [0.15, 0.2) is 0 Å². The van der Waals surface area contributed by atoms with Gasteiger partial charge in [-0.15, -0.1) is 0 Å². The summed E-state index contributed by atoms with van der Waals surface area (Å²) in [6, 6.07) is 5.80. The lowest BCUT2D eigenvalue weighted by Gasteiger charge is -2.08. The van der Waals surface area contributed by atoms with Crippen molar-refractivity contribution in [2.45, 2.75) is 4.90 Å². The molecule has 0 atom stereocenters. The maximum Gasteiger partial charge on any atom is 0.265 e. The van der Waals surface area contributed by atoms with Crippen LogP contribution in [0.25, 0.3) is 0 Å². The fourth-order valence-electron chi connectivity index (χ4n) is 1.42. The van der Waals surface area contributed by atoms with E-state index in [0.717, 1.165) is 6.26 Å². The number of aromatic amines is 1. The molecule has 0 aliphatic rings. The fourth-order valence-corrected chi connectivity index (χ4v) is 2.95. The van der Waals surface area contributed by atoms with E-state index in [1.54, 1.807) is 0 Å². The number of benzene rings is 1. The molecule has 20 heavy (non-hydrogen) atoms. The highest BCUT2D eigenvalue weighted by atomic mass is 32.2. The van der Waals surface area contributed by atoms with E-state index in [2.05, 4.69) is 19.6 Å². The van der Waals surface area contributed by atoms with Crippen LogP contribution in [0.3, 0.4) is 0 Å². The van der Waals surface area contributed by atoms with E-state index in [-0.39, 0.29) is 4.90 Å². The number of nitrogens with zero attached hydrogens (tertiary/aromatic N) is 1. The van der Waals surface area contributed by atoms with Crippen molar-refractivity contribution in [1.82, 2.24) is 10.2 Å². The third-order valence-electron chi connectivity index (χ3n) is 2.22. The van der Waals surface area contributed by atoms with Gasteiger partial charge in [0, 0.05) is 17.6 Å². The van der Waals surface area contributed by atoms with Crippen molar-refractivity contribution >= 4 is 31.4 Å². The highest BCUT2D eigenvalue weighted by molar-refractivity contribution is 7.92. The van der Waals surface area contributed by atoms with Gasteiger partial charge in [-0.25, -0.2) is 16.8 Å². The summed E-state index contributed by atoms with van der Waals surface area (Å²) in [5.74, 6) is 0. The van der Waals surface area contributed by atoms with E-state index < -0.39 is 20.0 Å². The van der Waals surface area contributed by atoms with Crippen LogP contribution in [0.5, 0.6) is 0 Å². The molecular formula is C10H12N4O4S2.